The van der Waals surface area contributed by atoms with Gasteiger partial charge in [0.25, 0.3) is 0 Å². The van der Waals surface area contributed by atoms with Gasteiger partial charge in [-0.25, -0.2) is 4.98 Å². The monoisotopic (exact) mass is 323 g/mol. The van der Waals surface area contributed by atoms with Crippen LogP contribution in [0.15, 0.2) is 36.4 Å². The molecule has 0 unspecified atom stereocenters. The molecule has 0 spiro atoms. The Labute approximate surface area is 135 Å². The third kappa shape index (κ3) is 3.80. The van der Waals surface area contributed by atoms with Gasteiger partial charge in [0, 0.05) is 18.8 Å². The molecule has 0 fully saturated rings. The van der Waals surface area contributed by atoms with Crippen molar-refractivity contribution in [1.29, 1.82) is 0 Å². The number of nitrogens with zero attached hydrogens (tertiary/aromatic N) is 2. The van der Waals surface area contributed by atoms with Crippen molar-refractivity contribution in [2.75, 3.05) is 23.3 Å². The molecule has 0 saturated heterocycles. The van der Waals surface area contributed by atoms with Crippen LogP contribution in [-0.4, -0.2) is 18.1 Å². The number of pyridine rings is 1. The van der Waals surface area contributed by atoms with E-state index in [4.69, 9.17) is 23.2 Å². The summed E-state index contributed by atoms with van der Waals surface area (Å²) in [7, 11) is 0. The van der Waals surface area contributed by atoms with Crippen molar-refractivity contribution in [2.24, 2.45) is 0 Å². The smallest absolute Gasteiger partial charge is 0.154 e. The third-order valence-corrected chi connectivity index (χ3v) is 3.66. The van der Waals surface area contributed by atoms with E-state index in [1.807, 2.05) is 30.3 Å². The van der Waals surface area contributed by atoms with Crippen LogP contribution in [0.25, 0.3) is 0 Å². The van der Waals surface area contributed by atoms with Crippen LogP contribution in [0.3, 0.4) is 0 Å². The van der Waals surface area contributed by atoms with Crippen molar-refractivity contribution in [3.8, 4) is 0 Å². The lowest BCUT2D eigenvalue weighted by Gasteiger charge is -2.24. The molecule has 5 heteroatoms. The molecular formula is C16H19Cl2N3. The molecule has 0 aliphatic carbocycles. The van der Waals surface area contributed by atoms with Crippen molar-refractivity contribution in [3.05, 3.63) is 46.4 Å². The summed E-state index contributed by atoms with van der Waals surface area (Å²) in [5, 5.41) is 4.32. The fourth-order valence-electron chi connectivity index (χ4n) is 2.08. The summed E-state index contributed by atoms with van der Waals surface area (Å²) in [5.41, 5.74) is 1.05. The van der Waals surface area contributed by atoms with Gasteiger partial charge in [0.1, 0.15) is 5.82 Å². The number of anilines is 3. The molecular weight excluding hydrogens is 305 g/mol. The van der Waals surface area contributed by atoms with Crippen molar-refractivity contribution in [2.45, 2.75) is 20.3 Å². The molecule has 112 valence electrons. The molecule has 0 aliphatic heterocycles. The lowest BCUT2D eigenvalue weighted by molar-refractivity contribution is 0.955. The number of benzene rings is 1. The Balaban J connectivity index is 2.41. The summed E-state index contributed by atoms with van der Waals surface area (Å²) >= 11 is 12.5. The van der Waals surface area contributed by atoms with E-state index < -0.39 is 0 Å². The van der Waals surface area contributed by atoms with Crippen LogP contribution < -0.4 is 10.2 Å². The first kappa shape index (κ1) is 15.9. The van der Waals surface area contributed by atoms with Gasteiger partial charge in [-0.05, 0) is 31.5 Å². The van der Waals surface area contributed by atoms with Crippen molar-refractivity contribution < 1.29 is 0 Å². The van der Waals surface area contributed by atoms with E-state index in [1.165, 1.54) is 0 Å². The van der Waals surface area contributed by atoms with Gasteiger partial charge in [-0.1, -0.05) is 48.3 Å². The first-order chi connectivity index (χ1) is 10.2. The molecule has 1 N–H and O–H groups in total. The van der Waals surface area contributed by atoms with Crippen molar-refractivity contribution in [1.82, 2.24) is 4.98 Å². The van der Waals surface area contributed by atoms with E-state index in [0.29, 0.717) is 21.7 Å². The molecule has 0 amide bonds. The quantitative estimate of drug-likeness (QED) is 0.774. The molecule has 0 radical (unpaired) electrons. The predicted molar refractivity (Wildman–Crippen MR) is 92.2 cm³/mol. The van der Waals surface area contributed by atoms with Gasteiger partial charge in [0.15, 0.2) is 5.82 Å². The number of nitrogens with one attached hydrogen (secondary N) is 1. The molecule has 21 heavy (non-hydrogen) atoms. The van der Waals surface area contributed by atoms with Gasteiger partial charge in [-0.2, -0.15) is 0 Å². The molecule has 0 saturated carbocycles. The van der Waals surface area contributed by atoms with Gasteiger partial charge in [-0.3, -0.25) is 0 Å². The normalized spacial score (nSPS) is 10.5. The Bertz CT molecular complexity index is 588. The van der Waals surface area contributed by atoms with Gasteiger partial charge >= 0.3 is 0 Å². The average molecular weight is 324 g/mol. The number of hydrogen-bond donors (Lipinski definition) is 1. The lowest BCUT2D eigenvalue weighted by Crippen LogP contribution is -2.18. The fraction of sp³-hybridized carbons (Fsp3) is 0.312. The maximum absolute atomic E-state index is 6.34. The summed E-state index contributed by atoms with van der Waals surface area (Å²) in [4.78, 5) is 6.67. The molecule has 2 aromatic rings. The maximum Gasteiger partial charge on any atom is 0.154 e. The maximum atomic E-state index is 6.34. The van der Waals surface area contributed by atoms with Crippen molar-refractivity contribution in [3.63, 3.8) is 0 Å². The molecule has 0 aliphatic rings. The van der Waals surface area contributed by atoms with Crippen LogP contribution in [-0.2, 0) is 0 Å². The predicted octanol–water partition coefficient (Wildman–Crippen LogP) is 5.37. The second-order valence-corrected chi connectivity index (χ2v) is 5.45. The Kier molecular flexibility index (Phi) is 5.71. The van der Waals surface area contributed by atoms with Crippen LogP contribution in [0.1, 0.15) is 20.3 Å². The standard InChI is InChI=1S/C16H19Cl2N3/c1-3-10-19-15-13(17)11-14(18)16(20-15)21(4-2)12-8-6-5-7-9-12/h5-9,11H,3-4,10H2,1-2H3,(H,19,20). The number of aromatic nitrogens is 1. The minimum absolute atomic E-state index is 0.543. The van der Waals surface area contributed by atoms with Crippen LogP contribution in [0.2, 0.25) is 10.0 Å². The molecule has 1 aromatic carbocycles. The Morgan fingerprint density at radius 3 is 2.43 bits per heavy atom. The lowest BCUT2D eigenvalue weighted by atomic mass is 10.2. The van der Waals surface area contributed by atoms with Gasteiger partial charge in [0.2, 0.25) is 0 Å². The average Bonchev–Trinajstić information content (AvgIpc) is 2.50. The van der Waals surface area contributed by atoms with Crippen molar-refractivity contribution >= 4 is 40.5 Å². The van der Waals surface area contributed by atoms with E-state index in [9.17, 15) is 0 Å². The highest BCUT2D eigenvalue weighted by molar-refractivity contribution is 6.37. The minimum Gasteiger partial charge on any atom is -0.369 e. The zero-order chi connectivity index (χ0) is 15.2. The summed E-state index contributed by atoms with van der Waals surface area (Å²) in [6.07, 6.45) is 1.01. The second-order valence-electron chi connectivity index (χ2n) is 4.63. The highest BCUT2D eigenvalue weighted by atomic mass is 35.5. The van der Waals surface area contributed by atoms with E-state index in [-0.39, 0.29) is 0 Å². The highest BCUT2D eigenvalue weighted by Gasteiger charge is 2.15. The Morgan fingerprint density at radius 2 is 1.81 bits per heavy atom. The largest absolute Gasteiger partial charge is 0.369 e. The van der Waals surface area contributed by atoms with Crippen LogP contribution >= 0.6 is 23.2 Å². The second kappa shape index (κ2) is 7.53. The fourth-order valence-corrected chi connectivity index (χ4v) is 2.60. The summed E-state index contributed by atoms with van der Waals surface area (Å²) in [6.45, 7) is 5.76. The zero-order valence-corrected chi connectivity index (χ0v) is 13.7. The molecule has 1 heterocycles. The Morgan fingerprint density at radius 1 is 1.10 bits per heavy atom. The summed E-state index contributed by atoms with van der Waals surface area (Å²) in [6, 6.07) is 11.8. The van der Waals surface area contributed by atoms with Gasteiger partial charge < -0.3 is 10.2 Å². The molecule has 3 nitrogen and oxygen atoms in total. The SMILES string of the molecule is CCCNc1nc(N(CC)c2ccccc2)c(Cl)cc1Cl. The van der Waals surface area contributed by atoms with E-state index in [2.05, 4.69) is 29.0 Å². The van der Waals surface area contributed by atoms with Crippen LogP contribution in [0, 0.1) is 0 Å². The van der Waals surface area contributed by atoms with Crippen LogP contribution in [0.4, 0.5) is 17.3 Å². The number of rotatable bonds is 6. The van der Waals surface area contributed by atoms with E-state index in [0.717, 1.165) is 25.2 Å². The summed E-state index contributed by atoms with van der Waals surface area (Å²) in [5.74, 6) is 1.39. The molecule has 2 rings (SSSR count). The minimum atomic E-state index is 0.543. The zero-order valence-electron chi connectivity index (χ0n) is 12.2. The number of halogens is 2. The van der Waals surface area contributed by atoms with E-state index >= 15 is 0 Å². The molecule has 0 atom stereocenters. The molecule has 0 bridgehead atoms. The third-order valence-electron chi connectivity index (χ3n) is 3.09. The van der Waals surface area contributed by atoms with Crippen LogP contribution in [0.5, 0.6) is 0 Å². The topological polar surface area (TPSA) is 28.2 Å². The van der Waals surface area contributed by atoms with Gasteiger partial charge in [-0.15, -0.1) is 0 Å². The first-order valence-corrected chi connectivity index (χ1v) is 7.85. The molecule has 1 aromatic heterocycles. The summed E-state index contributed by atoms with van der Waals surface area (Å²) < 4.78 is 0. The Hall–Kier alpha value is -1.45. The number of hydrogen-bond acceptors (Lipinski definition) is 3. The van der Waals surface area contributed by atoms with E-state index in [1.54, 1.807) is 6.07 Å². The van der Waals surface area contributed by atoms with Gasteiger partial charge in [0.05, 0.1) is 10.0 Å². The number of para-hydroxylation sites is 1. The highest BCUT2D eigenvalue weighted by Crippen LogP contribution is 2.34. The first-order valence-electron chi connectivity index (χ1n) is 7.09.